The number of hydrogen-bond acceptors (Lipinski definition) is 4. The van der Waals surface area contributed by atoms with Crippen LogP contribution in [0.4, 0.5) is 10.5 Å². The molecule has 1 aromatic carbocycles. The number of hydrogen-bond donors (Lipinski definition) is 1. The Balaban J connectivity index is 1.50. The van der Waals surface area contributed by atoms with E-state index >= 15 is 0 Å². The van der Waals surface area contributed by atoms with Crippen LogP contribution in [0, 0.1) is 10.1 Å². The van der Waals surface area contributed by atoms with Gasteiger partial charge in [0.05, 0.1) is 17.1 Å². The summed E-state index contributed by atoms with van der Waals surface area (Å²) in [4.78, 5) is 24.7. The third-order valence-electron chi connectivity index (χ3n) is 4.77. The number of nitrogens with one attached hydrogen (secondary N) is 1. The lowest BCUT2D eigenvalue weighted by atomic mass is 10.1. The Morgan fingerprint density at radius 3 is 3.00 bits per heavy atom. The number of rotatable bonds is 5. The van der Waals surface area contributed by atoms with Gasteiger partial charge in [-0.25, -0.2) is 4.79 Å². The maximum absolute atomic E-state index is 12.4. The summed E-state index contributed by atoms with van der Waals surface area (Å²) < 4.78 is 5.74. The Morgan fingerprint density at radius 1 is 1.38 bits per heavy atom. The maximum Gasteiger partial charge on any atom is 0.317 e. The molecule has 2 aliphatic rings. The van der Waals surface area contributed by atoms with Gasteiger partial charge in [-0.2, -0.15) is 0 Å². The number of carbonyl (C=O) groups is 1. The summed E-state index contributed by atoms with van der Waals surface area (Å²) in [5.41, 5.74) is 0.929. The molecule has 0 radical (unpaired) electrons. The van der Waals surface area contributed by atoms with Crippen molar-refractivity contribution in [1.82, 2.24) is 10.2 Å². The number of ether oxygens (including phenoxy) is 1. The Bertz CT molecular complexity index is 601. The lowest BCUT2D eigenvalue weighted by molar-refractivity contribution is -0.384. The SMILES string of the molecule is O=C(NCCc1cccc([N+](=O)[O-])c1)N1CCCC1C1CCCO1. The minimum Gasteiger partial charge on any atom is -0.376 e. The summed E-state index contributed by atoms with van der Waals surface area (Å²) in [5, 5.41) is 13.7. The molecule has 0 bridgehead atoms. The van der Waals surface area contributed by atoms with Crippen LogP contribution in [0.5, 0.6) is 0 Å². The Hall–Kier alpha value is -2.15. The van der Waals surface area contributed by atoms with Crippen LogP contribution >= 0.6 is 0 Å². The minimum absolute atomic E-state index is 0.0570. The highest BCUT2D eigenvalue weighted by atomic mass is 16.6. The van der Waals surface area contributed by atoms with E-state index in [-0.39, 0.29) is 23.9 Å². The van der Waals surface area contributed by atoms with E-state index in [0.717, 1.165) is 44.4 Å². The number of amides is 2. The second-order valence-corrected chi connectivity index (χ2v) is 6.36. The van der Waals surface area contributed by atoms with Gasteiger partial charge in [-0.15, -0.1) is 0 Å². The second-order valence-electron chi connectivity index (χ2n) is 6.36. The van der Waals surface area contributed by atoms with E-state index in [1.54, 1.807) is 12.1 Å². The van der Waals surface area contributed by atoms with Gasteiger partial charge < -0.3 is 15.0 Å². The highest BCUT2D eigenvalue weighted by Gasteiger charge is 2.36. The van der Waals surface area contributed by atoms with Crippen molar-refractivity contribution in [2.24, 2.45) is 0 Å². The molecule has 24 heavy (non-hydrogen) atoms. The van der Waals surface area contributed by atoms with E-state index in [9.17, 15) is 14.9 Å². The summed E-state index contributed by atoms with van der Waals surface area (Å²) in [6.07, 6.45) is 4.87. The molecule has 2 amide bonds. The first kappa shape index (κ1) is 16.7. The number of non-ortho nitro benzene ring substituents is 1. The Labute approximate surface area is 141 Å². The van der Waals surface area contributed by atoms with Crippen molar-refractivity contribution in [3.05, 3.63) is 39.9 Å². The molecular formula is C17H23N3O4. The molecule has 0 aliphatic carbocycles. The molecule has 3 rings (SSSR count). The van der Waals surface area contributed by atoms with Gasteiger partial charge >= 0.3 is 6.03 Å². The lowest BCUT2D eigenvalue weighted by Gasteiger charge is -2.29. The van der Waals surface area contributed by atoms with Gasteiger partial charge in [0.1, 0.15) is 0 Å². The summed E-state index contributed by atoms with van der Waals surface area (Å²) in [6.45, 7) is 2.03. The molecule has 7 heteroatoms. The number of likely N-dealkylation sites (tertiary alicyclic amines) is 1. The largest absolute Gasteiger partial charge is 0.376 e. The topological polar surface area (TPSA) is 84.7 Å². The van der Waals surface area contributed by atoms with E-state index < -0.39 is 4.92 Å². The summed E-state index contributed by atoms with van der Waals surface area (Å²) in [6, 6.07) is 6.66. The van der Waals surface area contributed by atoms with Crippen molar-refractivity contribution >= 4 is 11.7 Å². The third-order valence-corrected chi connectivity index (χ3v) is 4.77. The number of carbonyl (C=O) groups excluding carboxylic acids is 1. The summed E-state index contributed by atoms with van der Waals surface area (Å²) in [7, 11) is 0. The second kappa shape index (κ2) is 7.61. The van der Waals surface area contributed by atoms with Crippen molar-refractivity contribution < 1.29 is 14.5 Å². The summed E-state index contributed by atoms with van der Waals surface area (Å²) >= 11 is 0. The molecular weight excluding hydrogens is 310 g/mol. The molecule has 0 saturated carbocycles. The molecule has 2 heterocycles. The fourth-order valence-electron chi connectivity index (χ4n) is 3.58. The molecule has 1 aromatic rings. The van der Waals surface area contributed by atoms with E-state index in [2.05, 4.69) is 5.32 Å². The Morgan fingerprint density at radius 2 is 2.25 bits per heavy atom. The quantitative estimate of drug-likeness (QED) is 0.663. The molecule has 2 atom stereocenters. The lowest BCUT2D eigenvalue weighted by Crippen LogP contribution is -2.47. The van der Waals surface area contributed by atoms with Crippen LogP contribution in [-0.4, -0.2) is 47.7 Å². The zero-order chi connectivity index (χ0) is 16.9. The molecule has 2 fully saturated rings. The van der Waals surface area contributed by atoms with Crippen LogP contribution in [0.15, 0.2) is 24.3 Å². The number of nitro groups is 1. The van der Waals surface area contributed by atoms with Crippen molar-refractivity contribution in [2.75, 3.05) is 19.7 Å². The smallest absolute Gasteiger partial charge is 0.317 e. The number of benzene rings is 1. The normalized spacial score (nSPS) is 23.4. The zero-order valence-electron chi connectivity index (χ0n) is 13.6. The number of urea groups is 1. The first-order chi connectivity index (χ1) is 11.6. The molecule has 0 aromatic heterocycles. The van der Waals surface area contributed by atoms with Crippen LogP contribution < -0.4 is 5.32 Å². The van der Waals surface area contributed by atoms with Gasteiger partial charge in [-0.05, 0) is 37.7 Å². The van der Waals surface area contributed by atoms with Crippen molar-refractivity contribution in [1.29, 1.82) is 0 Å². The van der Waals surface area contributed by atoms with E-state index in [0.29, 0.717) is 13.0 Å². The standard InChI is InChI=1S/C17H23N3O4/c21-17(19-10-2-6-15(19)16-7-3-11-24-16)18-9-8-13-4-1-5-14(12-13)20(22)23/h1,4-5,12,15-16H,2-3,6-11H2,(H,18,21). The average Bonchev–Trinajstić information content (AvgIpc) is 3.26. The van der Waals surface area contributed by atoms with Crippen molar-refractivity contribution in [2.45, 2.75) is 44.2 Å². The fraction of sp³-hybridized carbons (Fsp3) is 0.588. The fourth-order valence-corrected chi connectivity index (χ4v) is 3.58. The maximum atomic E-state index is 12.4. The third kappa shape index (κ3) is 3.84. The van der Waals surface area contributed by atoms with E-state index in [1.807, 2.05) is 11.0 Å². The molecule has 7 nitrogen and oxygen atoms in total. The number of nitrogens with zero attached hydrogens (tertiary/aromatic N) is 2. The highest BCUT2D eigenvalue weighted by Crippen LogP contribution is 2.27. The molecule has 2 saturated heterocycles. The first-order valence-electron chi connectivity index (χ1n) is 8.54. The minimum atomic E-state index is -0.404. The number of nitro benzene ring substituents is 1. The van der Waals surface area contributed by atoms with Gasteiger partial charge in [-0.1, -0.05) is 12.1 Å². The highest BCUT2D eigenvalue weighted by molar-refractivity contribution is 5.75. The predicted octanol–water partition coefficient (Wildman–Crippen LogP) is 2.49. The van der Waals surface area contributed by atoms with Gasteiger partial charge in [0, 0.05) is 31.8 Å². The molecule has 2 unspecified atom stereocenters. The first-order valence-corrected chi connectivity index (χ1v) is 8.54. The summed E-state index contributed by atoms with van der Waals surface area (Å²) in [5.74, 6) is 0. The van der Waals surface area contributed by atoms with Crippen molar-refractivity contribution in [3.63, 3.8) is 0 Å². The van der Waals surface area contributed by atoms with Crippen LogP contribution in [0.25, 0.3) is 0 Å². The van der Waals surface area contributed by atoms with Crippen LogP contribution in [0.2, 0.25) is 0 Å². The predicted molar refractivity (Wildman–Crippen MR) is 88.9 cm³/mol. The molecule has 0 spiro atoms. The molecule has 1 N–H and O–H groups in total. The zero-order valence-corrected chi connectivity index (χ0v) is 13.6. The molecule has 2 aliphatic heterocycles. The molecule has 130 valence electrons. The Kier molecular flexibility index (Phi) is 5.30. The van der Waals surface area contributed by atoms with Gasteiger partial charge in [0.15, 0.2) is 0 Å². The van der Waals surface area contributed by atoms with Gasteiger partial charge in [0.2, 0.25) is 0 Å². The van der Waals surface area contributed by atoms with Gasteiger partial charge in [-0.3, -0.25) is 10.1 Å². The van der Waals surface area contributed by atoms with E-state index in [1.165, 1.54) is 6.07 Å². The van der Waals surface area contributed by atoms with E-state index in [4.69, 9.17) is 4.74 Å². The monoisotopic (exact) mass is 333 g/mol. The van der Waals surface area contributed by atoms with Crippen LogP contribution in [-0.2, 0) is 11.2 Å². The van der Waals surface area contributed by atoms with Crippen LogP contribution in [0.1, 0.15) is 31.2 Å². The van der Waals surface area contributed by atoms with Crippen molar-refractivity contribution in [3.8, 4) is 0 Å². The van der Waals surface area contributed by atoms with Gasteiger partial charge in [0.25, 0.3) is 5.69 Å². The van der Waals surface area contributed by atoms with Crippen LogP contribution in [0.3, 0.4) is 0 Å². The average molecular weight is 333 g/mol.